The molecule has 3 aromatic rings. The molecule has 116 valence electrons. The molecular formula is C17H17N5O. The Hall–Kier alpha value is -3.02. The Morgan fingerprint density at radius 1 is 1.13 bits per heavy atom. The minimum absolute atomic E-state index is 0.289. The highest BCUT2D eigenvalue weighted by atomic mass is 16.2. The van der Waals surface area contributed by atoms with E-state index in [2.05, 4.69) is 25.6 Å². The van der Waals surface area contributed by atoms with Crippen LogP contribution in [-0.4, -0.2) is 27.5 Å². The number of aromatic nitrogens is 3. The number of aryl methyl sites for hydroxylation is 1. The highest BCUT2D eigenvalue weighted by Crippen LogP contribution is 2.22. The number of urea groups is 1. The summed E-state index contributed by atoms with van der Waals surface area (Å²) in [7, 11) is 0. The van der Waals surface area contributed by atoms with Gasteiger partial charge in [0, 0.05) is 12.1 Å². The molecule has 1 aromatic carbocycles. The number of hydrogen-bond acceptors (Lipinski definition) is 4. The highest BCUT2D eigenvalue weighted by molar-refractivity contribution is 5.89. The van der Waals surface area contributed by atoms with Gasteiger partial charge in [-0.1, -0.05) is 24.3 Å². The Kier molecular flexibility index (Phi) is 4.14. The average molecular weight is 307 g/mol. The van der Waals surface area contributed by atoms with Gasteiger partial charge in [0.05, 0.1) is 11.9 Å². The smallest absolute Gasteiger partial charge is 0.320 e. The molecule has 0 saturated carbocycles. The number of rotatable bonds is 3. The van der Waals surface area contributed by atoms with E-state index in [1.807, 2.05) is 38.1 Å². The summed E-state index contributed by atoms with van der Waals surface area (Å²) in [5.74, 6) is 0.444. The van der Waals surface area contributed by atoms with Crippen molar-refractivity contribution in [1.82, 2.24) is 20.3 Å². The average Bonchev–Trinajstić information content (AvgIpc) is 2.55. The predicted octanol–water partition coefficient (Wildman–Crippen LogP) is 3.14. The maximum atomic E-state index is 11.6. The molecule has 0 aliphatic heterocycles. The first-order valence-corrected chi connectivity index (χ1v) is 7.42. The van der Waals surface area contributed by atoms with Crippen molar-refractivity contribution in [3.05, 3.63) is 48.2 Å². The van der Waals surface area contributed by atoms with Gasteiger partial charge in [-0.3, -0.25) is 10.3 Å². The Labute approximate surface area is 134 Å². The number of amides is 2. The molecule has 2 N–H and O–H groups in total. The summed E-state index contributed by atoms with van der Waals surface area (Å²) in [6, 6.07) is 11.2. The third-order valence-electron chi connectivity index (χ3n) is 3.41. The molecular weight excluding hydrogens is 290 g/mol. The quantitative estimate of drug-likeness (QED) is 0.779. The van der Waals surface area contributed by atoms with Gasteiger partial charge in [-0.05, 0) is 31.5 Å². The Balaban J connectivity index is 1.98. The van der Waals surface area contributed by atoms with Gasteiger partial charge in [0.2, 0.25) is 0 Å². The zero-order valence-corrected chi connectivity index (χ0v) is 13.0. The van der Waals surface area contributed by atoms with E-state index in [1.165, 1.54) is 0 Å². The number of pyridine rings is 1. The van der Waals surface area contributed by atoms with Gasteiger partial charge in [0.15, 0.2) is 5.65 Å². The van der Waals surface area contributed by atoms with E-state index in [0.717, 1.165) is 16.8 Å². The third-order valence-corrected chi connectivity index (χ3v) is 3.41. The number of hydrogen-bond donors (Lipinski definition) is 2. The number of nitrogens with one attached hydrogen (secondary N) is 2. The first kappa shape index (κ1) is 14.9. The van der Waals surface area contributed by atoms with E-state index in [1.54, 1.807) is 18.3 Å². The fraction of sp³-hybridized carbons (Fsp3) is 0.176. The fourth-order valence-electron chi connectivity index (χ4n) is 2.28. The highest BCUT2D eigenvalue weighted by Gasteiger charge is 2.08. The molecule has 6 heteroatoms. The van der Waals surface area contributed by atoms with Gasteiger partial charge >= 0.3 is 6.03 Å². The number of anilines is 1. The molecule has 0 unspecified atom stereocenters. The Morgan fingerprint density at radius 2 is 1.96 bits per heavy atom. The molecule has 0 saturated heterocycles. The third kappa shape index (κ3) is 3.26. The second-order valence-corrected chi connectivity index (χ2v) is 5.09. The van der Waals surface area contributed by atoms with Crippen LogP contribution in [0.4, 0.5) is 10.6 Å². The topological polar surface area (TPSA) is 79.8 Å². The van der Waals surface area contributed by atoms with Crippen molar-refractivity contribution in [2.45, 2.75) is 13.8 Å². The minimum Gasteiger partial charge on any atom is -0.338 e. The van der Waals surface area contributed by atoms with Gasteiger partial charge in [-0.15, -0.1) is 0 Å². The maximum absolute atomic E-state index is 11.6. The van der Waals surface area contributed by atoms with Crippen LogP contribution in [0.5, 0.6) is 0 Å². The number of carbonyl (C=O) groups excluding carboxylic acids is 1. The molecule has 23 heavy (non-hydrogen) atoms. The molecule has 2 aromatic heterocycles. The Morgan fingerprint density at radius 3 is 2.74 bits per heavy atom. The molecule has 0 aliphatic rings. The van der Waals surface area contributed by atoms with E-state index < -0.39 is 0 Å². The van der Waals surface area contributed by atoms with E-state index >= 15 is 0 Å². The van der Waals surface area contributed by atoms with Crippen molar-refractivity contribution in [1.29, 1.82) is 0 Å². The maximum Gasteiger partial charge on any atom is 0.320 e. The Bertz CT molecular complexity index is 862. The van der Waals surface area contributed by atoms with E-state index in [0.29, 0.717) is 23.5 Å². The molecule has 2 amide bonds. The van der Waals surface area contributed by atoms with Crippen LogP contribution in [-0.2, 0) is 0 Å². The summed E-state index contributed by atoms with van der Waals surface area (Å²) < 4.78 is 0. The van der Waals surface area contributed by atoms with Crippen molar-refractivity contribution in [3.8, 4) is 11.3 Å². The van der Waals surface area contributed by atoms with Crippen LogP contribution in [0.3, 0.4) is 0 Å². The van der Waals surface area contributed by atoms with Crippen molar-refractivity contribution < 1.29 is 4.79 Å². The van der Waals surface area contributed by atoms with Gasteiger partial charge in [0.1, 0.15) is 11.3 Å². The minimum atomic E-state index is -0.289. The first-order valence-electron chi connectivity index (χ1n) is 7.42. The number of carbonyl (C=O) groups is 1. The van der Waals surface area contributed by atoms with Crippen LogP contribution in [0.15, 0.2) is 42.6 Å². The van der Waals surface area contributed by atoms with Crippen molar-refractivity contribution in [2.24, 2.45) is 0 Å². The van der Waals surface area contributed by atoms with Crippen molar-refractivity contribution in [3.63, 3.8) is 0 Å². The second-order valence-electron chi connectivity index (χ2n) is 5.09. The summed E-state index contributed by atoms with van der Waals surface area (Å²) in [5.41, 5.74) is 4.09. The van der Waals surface area contributed by atoms with Crippen LogP contribution in [0.2, 0.25) is 0 Å². The molecule has 0 fully saturated rings. The van der Waals surface area contributed by atoms with Gasteiger partial charge in [-0.25, -0.2) is 14.8 Å². The largest absolute Gasteiger partial charge is 0.338 e. The van der Waals surface area contributed by atoms with Gasteiger partial charge in [-0.2, -0.15) is 0 Å². The summed E-state index contributed by atoms with van der Waals surface area (Å²) in [5, 5.41) is 5.34. The number of fused-ring (bicyclic) bond motifs is 1. The zero-order chi connectivity index (χ0) is 16.2. The molecule has 6 nitrogen and oxygen atoms in total. The van der Waals surface area contributed by atoms with Gasteiger partial charge < -0.3 is 5.32 Å². The summed E-state index contributed by atoms with van der Waals surface area (Å²) >= 11 is 0. The van der Waals surface area contributed by atoms with E-state index in [9.17, 15) is 4.79 Å². The number of nitrogens with zero attached hydrogens (tertiary/aromatic N) is 3. The van der Waals surface area contributed by atoms with Crippen LogP contribution in [0.25, 0.3) is 22.4 Å². The SMILES string of the molecule is CCNC(=O)Nc1ccc2ncc(-c3ccccc3C)nc2n1. The normalized spacial score (nSPS) is 10.5. The van der Waals surface area contributed by atoms with Crippen LogP contribution >= 0.6 is 0 Å². The lowest BCUT2D eigenvalue weighted by Gasteiger charge is -2.07. The molecule has 3 rings (SSSR count). The van der Waals surface area contributed by atoms with Crippen LogP contribution < -0.4 is 10.6 Å². The first-order chi connectivity index (χ1) is 11.2. The monoisotopic (exact) mass is 307 g/mol. The lowest BCUT2D eigenvalue weighted by Crippen LogP contribution is -2.28. The molecule has 2 heterocycles. The van der Waals surface area contributed by atoms with Crippen molar-refractivity contribution >= 4 is 23.0 Å². The molecule has 0 radical (unpaired) electrons. The van der Waals surface area contributed by atoms with Gasteiger partial charge in [0.25, 0.3) is 0 Å². The standard InChI is InChI=1S/C17H17N5O/c1-3-18-17(23)22-15-9-8-13-16(21-15)20-14(10-19-13)12-7-5-4-6-11(12)2/h4-10H,3H2,1-2H3,(H2,18,20,21,22,23). The number of benzene rings is 1. The van der Waals surface area contributed by atoms with E-state index in [4.69, 9.17) is 0 Å². The van der Waals surface area contributed by atoms with Crippen LogP contribution in [0, 0.1) is 6.92 Å². The van der Waals surface area contributed by atoms with Crippen molar-refractivity contribution in [2.75, 3.05) is 11.9 Å². The molecule has 0 atom stereocenters. The zero-order valence-electron chi connectivity index (χ0n) is 13.0. The van der Waals surface area contributed by atoms with Crippen LogP contribution in [0.1, 0.15) is 12.5 Å². The predicted molar refractivity (Wildman–Crippen MR) is 90.2 cm³/mol. The lowest BCUT2D eigenvalue weighted by molar-refractivity contribution is 0.252. The van der Waals surface area contributed by atoms with E-state index in [-0.39, 0.29) is 6.03 Å². The lowest BCUT2D eigenvalue weighted by atomic mass is 10.1. The second kappa shape index (κ2) is 6.39. The fourth-order valence-corrected chi connectivity index (χ4v) is 2.28. The molecule has 0 bridgehead atoms. The summed E-state index contributed by atoms with van der Waals surface area (Å²) in [4.78, 5) is 24.9. The summed E-state index contributed by atoms with van der Waals surface area (Å²) in [6.07, 6.45) is 1.74. The summed E-state index contributed by atoms with van der Waals surface area (Å²) in [6.45, 7) is 4.44. The molecule has 0 spiro atoms. The molecule has 0 aliphatic carbocycles.